The van der Waals surface area contributed by atoms with Crippen LogP contribution < -0.4 is 0 Å². The van der Waals surface area contributed by atoms with E-state index in [4.69, 9.17) is 5.26 Å². The van der Waals surface area contributed by atoms with Gasteiger partial charge in [0.1, 0.15) is 0 Å². The monoisotopic (exact) mass is 139 g/mol. The van der Waals surface area contributed by atoms with E-state index in [0.29, 0.717) is 11.8 Å². The number of rotatable bonds is 3. The summed E-state index contributed by atoms with van der Waals surface area (Å²) in [5.74, 6) is 1.40. The Morgan fingerprint density at radius 3 is 1.80 bits per heavy atom. The fraction of sp³-hybridized carbons (Fsp3) is 0.889. The van der Waals surface area contributed by atoms with Gasteiger partial charge in [-0.1, -0.05) is 27.7 Å². The summed E-state index contributed by atoms with van der Waals surface area (Å²) in [4.78, 5) is 0. The maximum absolute atomic E-state index is 8.70. The van der Waals surface area contributed by atoms with Gasteiger partial charge in [0.25, 0.3) is 0 Å². The van der Waals surface area contributed by atoms with Gasteiger partial charge in [-0.25, -0.2) is 0 Å². The highest BCUT2D eigenvalue weighted by Gasteiger charge is 2.12. The van der Waals surface area contributed by atoms with Crippen molar-refractivity contribution in [3.05, 3.63) is 0 Å². The van der Waals surface area contributed by atoms with Crippen LogP contribution in [-0.2, 0) is 0 Å². The second kappa shape index (κ2) is 4.33. The number of hydrogen-bond acceptors (Lipinski definition) is 1. The van der Waals surface area contributed by atoms with Gasteiger partial charge in [0.15, 0.2) is 0 Å². The fourth-order valence-corrected chi connectivity index (χ4v) is 0.982. The molecule has 0 aromatic rings. The molecule has 0 aromatic carbocycles. The number of nitriles is 1. The lowest BCUT2D eigenvalue weighted by molar-refractivity contribution is 0.389. The lowest BCUT2D eigenvalue weighted by Crippen LogP contribution is -2.08. The second-order valence-electron chi connectivity index (χ2n) is 3.61. The standard InChI is InChI=1S/C9H17N/c1-7(2)5-9(6-10)8(3)4/h7-9H,5H2,1-4H3/t9-/m1/s1. The van der Waals surface area contributed by atoms with Crippen molar-refractivity contribution in [1.29, 1.82) is 5.26 Å². The minimum Gasteiger partial charge on any atom is -0.198 e. The van der Waals surface area contributed by atoms with Crippen LogP contribution in [0.5, 0.6) is 0 Å². The lowest BCUT2D eigenvalue weighted by Gasteiger charge is -2.14. The van der Waals surface area contributed by atoms with Gasteiger partial charge in [-0.15, -0.1) is 0 Å². The molecule has 0 amide bonds. The maximum Gasteiger partial charge on any atom is 0.0658 e. The third-order valence-electron chi connectivity index (χ3n) is 1.70. The summed E-state index contributed by atoms with van der Waals surface area (Å²) in [6.07, 6.45) is 1.04. The van der Waals surface area contributed by atoms with E-state index >= 15 is 0 Å². The van der Waals surface area contributed by atoms with Crippen molar-refractivity contribution in [2.75, 3.05) is 0 Å². The first-order valence-corrected chi connectivity index (χ1v) is 3.97. The molecule has 0 spiro atoms. The fourth-order valence-electron chi connectivity index (χ4n) is 0.982. The molecule has 0 saturated heterocycles. The van der Waals surface area contributed by atoms with Crippen LogP contribution in [0.15, 0.2) is 0 Å². The zero-order valence-electron chi connectivity index (χ0n) is 7.39. The van der Waals surface area contributed by atoms with Gasteiger partial charge in [-0.05, 0) is 18.3 Å². The Kier molecular flexibility index (Phi) is 4.11. The Morgan fingerprint density at radius 1 is 1.20 bits per heavy atom. The molecule has 0 rings (SSSR count). The zero-order valence-corrected chi connectivity index (χ0v) is 7.39. The van der Waals surface area contributed by atoms with E-state index in [-0.39, 0.29) is 5.92 Å². The van der Waals surface area contributed by atoms with Crippen LogP contribution in [0.3, 0.4) is 0 Å². The molecule has 1 heteroatoms. The lowest BCUT2D eigenvalue weighted by atomic mass is 9.89. The van der Waals surface area contributed by atoms with Crippen LogP contribution in [0.25, 0.3) is 0 Å². The highest BCUT2D eigenvalue weighted by atomic mass is 14.3. The molecule has 0 aliphatic heterocycles. The van der Waals surface area contributed by atoms with E-state index in [1.165, 1.54) is 0 Å². The normalized spacial score (nSPS) is 13.7. The van der Waals surface area contributed by atoms with Gasteiger partial charge in [0, 0.05) is 5.92 Å². The Balaban J connectivity index is 3.75. The third kappa shape index (κ3) is 3.50. The molecular weight excluding hydrogens is 122 g/mol. The molecule has 0 aliphatic rings. The summed E-state index contributed by atoms with van der Waals surface area (Å²) in [7, 11) is 0. The van der Waals surface area contributed by atoms with E-state index in [9.17, 15) is 0 Å². The average molecular weight is 139 g/mol. The Morgan fingerprint density at radius 2 is 1.70 bits per heavy atom. The molecular formula is C9H17N. The molecule has 58 valence electrons. The molecule has 1 nitrogen and oxygen atoms in total. The van der Waals surface area contributed by atoms with Gasteiger partial charge >= 0.3 is 0 Å². The van der Waals surface area contributed by atoms with Gasteiger partial charge in [0.05, 0.1) is 6.07 Å². The van der Waals surface area contributed by atoms with Gasteiger partial charge in [-0.2, -0.15) is 5.26 Å². The Labute approximate surface area is 64.1 Å². The van der Waals surface area contributed by atoms with E-state index in [1.807, 2.05) is 0 Å². The van der Waals surface area contributed by atoms with Crippen LogP contribution in [0.2, 0.25) is 0 Å². The van der Waals surface area contributed by atoms with Crippen molar-refractivity contribution in [2.24, 2.45) is 17.8 Å². The molecule has 0 unspecified atom stereocenters. The second-order valence-corrected chi connectivity index (χ2v) is 3.61. The minimum atomic E-state index is 0.250. The highest BCUT2D eigenvalue weighted by molar-refractivity contribution is 4.85. The molecule has 10 heavy (non-hydrogen) atoms. The summed E-state index contributed by atoms with van der Waals surface area (Å²) in [5.41, 5.74) is 0. The highest BCUT2D eigenvalue weighted by Crippen LogP contribution is 2.18. The van der Waals surface area contributed by atoms with Crippen molar-refractivity contribution < 1.29 is 0 Å². The van der Waals surface area contributed by atoms with Gasteiger partial charge in [-0.3, -0.25) is 0 Å². The van der Waals surface area contributed by atoms with Crippen LogP contribution in [-0.4, -0.2) is 0 Å². The summed E-state index contributed by atoms with van der Waals surface area (Å²) >= 11 is 0. The van der Waals surface area contributed by atoms with Crippen molar-refractivity contribution >= 4 is 0 Å². The van der Waals surface area contributed by atoms with E-state index in [2.05, 4.69) is 33.8 Å². The average Bonchev–Trinajstić information content (AvgIpc) is 1.81. The molecule has 0 bridgehead atoms. The predicted octanol–water partition coefficient (Wildman–Crippen LogP) is 2.83. The van der Waals surface area contributed by atoms with Crippen molar-refractivity contribution in [3.8, 4) is 6.07 Å². The molecule has 0 aliphatic carbocycles. The van der Waals surface area contributed by atoms with Crippen LogP contribution in [0, 0.1) is 29.1 Å². The quantitative estimate of drug-likeness (QED) is 0.589. The number of hydrogen-bond donors (Lipinski definition) is 0. The predicted molar refractivity (Wildman–Crippen MR) is 43.4 cm³/mol. The number of nitrogens with zero attached hydrogens (tertiary/aromatic N) is 1. The summed E-state index contributed by atoms with van der Waals surface area (Å²) < 4.78 is 0. The summed E-state index contributed by atoms with van der Waals surface area (Å²) in [5, 5.41) is 8.70. The first-order valence-electron chi connectivity index (χ1n) is 3.97. The van der Waals surface area contributed by atoms with E-state index in [0.717, 1.165) is 6.42 Å². The van der Waals surface area contributed by atoms with Crippen LogP contribution in [0.4, 0.5) is 0 Å². The van der Waals surface area contributed by atoms with E-state index < -0.39 is 0 Å². The smallest absolute Gasteiger partial charge is 0.0658 e. The van der Waals surface area contributed by atoms with Crippen molar-refractivity contribution in [3.63, 3.8) is 0 Å². The third-order valence-corrected chi connectivity index (χ3v) is 1.70. The van der Waals surface area contributed by atoms with Gasteiger partial charge < -0.3 is 0 Å². The minimum absolute atomic E-state index is 0.250. The molecule has 1 atom stereocenters. The Bertz CT molecular complexity index is 119. The van der Waals surface area contributed by atoms with Crippen LogP contribution in [0.1, 0.15) is 34.1 Å². The topological polar surface area (TPSA) is 23.8 Å². The molecule has 0 radical (unpaired) electrons. The first kappa shape index (κ1) is 9.49. The van der Waals surface area contributed by atoms with E-state index in [1.54, 1.807) is 0 Å². The van der Waals surface area contributed by atoms with Crippen LogP contribution >= 0.6 is 0 Å². The van der Waals surface area contributed by atoms with Crippen molar-refractivity contribution in [1.82, 2.24) is 0 Å². The summed E-state index contributed by atoms with van der Waals surface area (Å²) in [6.45, 7) is 8.53. The van der Waals surface area contributed by atoms with Gasteiger partial charge in [0.2, 0.25) is 0 Å². The maximum atomic E-state index is 8.70. The molecule has 0 saturated carbocycles. The molecule has 0 fully saturated rings. The summed E-state index contributed by atoms with van der Waals surface area (Å²) in [6, 6.07) is 2.33. The molecule has 0 N–H and O–H groups in total. The van der Waals surface area contributed by atoms with Crippen molar-refractivity contribution in [2.45, 2.75) is 34.1 Å². The Hall–Kier alpha value is -0.510. The largest absolute Gasteiger partial charge is 0.198 e. The molecule has 0 aromatic heterocycles. The molecule has 0 heterocycles. The first-order chi connectivity index (χ1) is 4.57. The zero-order chi connectivity index (χ0) is 8.15. The SMILES string of the molecule is CC(C)C[C@H](C#N)C(C)C.